The van der Waals surface area contributed by atoms with E-state index >= 15 is 0 Å². The average Bonchev–Trinajstić information content (AvgIpc) is 3.50. The molecule has 0 aromatic heterocycles. The summed E-state index contributed by atoms with van der Waals surface area (Å²) in [6, 6.07) is 7.48. The Balaban J connectivity index is 1.38. The van der Waals surface area contributed by atoms with E-state index in [1.54, 1.807) is 7.11 Å². The summed E-state index contributed by atoms with van der Waals surface area (Å²) >= 11 is 0. The summed E-state index contributed by atoms with van der Waals surface area (Å²) in [5.41, 5.74) is 1.11. The van der Waals surface area contributed by atoms with Gasteiger partial charge in [-0.05, 0) is 70.4 Å². The third kappa shape index (κ3) is 5.81. The lowest BCUT2D eigenvalue weighted by molar-refractivity contribution is 0.197. The molecule has 1 heterocycles. The highest BCUT2D eigenvalue weighted by Gasteiger charge is 2.31. The molecule has 6 heteroatoms. The fourth-order valence-electron chi connectivity index (χ4n) is 4.61. The van der Waals surface area contributed by atoms with Crippen LogP contribution < -0.4 is 20.1 Å². The van der Waals surface area contributed by atoms with Crippen molar-refractivity contribution in [2.24, 2.45) is 4.99 Å². The minimum atomic E-state index is 0.322. The van der Waals surface area contributed by atoms with E-state index in [0.717, 1.165) is 48.5 Å². The van der Waals surface area contributed by atoms with Crippen molar-refractivity contribution in [1.29, 1.82) is 0 Å². The number of likely N-dealkylation sites (tertiary alicyclic amines) is 1. The molecule has 0 spiro atoms. The van der Waals surface area contributed by atoms with Gasteiger partial charge in [-0.15, -0.1) is 0 Å². The van der Waals surface area contributed by atoms with Gasteiger partial charge in [0.1, 0.15) is 11.5 Å². The van der Waals surface area contributed by atoms with E-state index in [1.165, 1.54) is 51.6 Å². The first-order chi connectivity index (χ1) is 14.7. The molecule has 4 rings (SSSR count). The molecule has 0 atom stereocenters. The summed E-state index contributed by atoms with van der Waals surface area (Å²) < 4.78 is 11.8. The van der Waals surface area contributed by atoms with Gasteiger partial charge in [-0.1, -0.05) is 0 Å². The first-order valence-corrected chi connectivity index (χ1v) is 11.9. The number of methoxy groups -OCH3 is 1. The van der Waals surface area contributed by atoms with E-state index in [0.29, 0.717) is 18.7 Å². The predicted octanol–water partition coefficient (Wildman–Crippen LogP) is 3.70. The second-order valence-electron chi connectivity index (χ2n) is 8.88. The lowest BCUT2D eigenvalue weighted by Gasteiger charge is -2.33. The summed E-state index contributed by atoms with van der Waals surface area (Å²) in [4.78, 5) is 7.55. The standard InChI is InChI=1S/C24H38N4O2/c1-3-25-24(27-19-12-14-28(15-13-19)20-9-10-20)26-17-18-8-11-22(29-2)16-23(18)30-21-6-4-5-7-21/h8,11,16,19-21H,3-7,9-10,12-15,17H2,1-2H3,(H2,25,26,27). The van der Waals surface area contributed by atoms with Gasteiger partial charge >= 0.3 is 0 Å². The van der Waals surface area contributed by atoms with Gasteiger partial charge in [-0.2, -0.15) is 0 Å². The van der Waals surface area contributed by atoms with Crippen LogP contribution in [0, 0.1) is 0 Å². The van der Waals surface area contributed by atoms with Crippen LogP contribution in [0.4, 0.5) is 0 Å². The van der Waals surface area contributed by atoms with Crippen LogP contribution in [-0.2, 0) is 6.54 Å². The predicted molar refractivity (Wildman–Crippen MR) is 121 cm³/mol. The molecule has 1 aliphatic heterocycles. The maximum absolute atomic E-state index is 6.34. The topological polar surface area (TPSA) is 58.1 Å². The molecule has 6 nitrogen and oxygen atoms in total. The molecule has 0 unspecified atom stereocenters. The van der Waals surface area contributed by atoms with Gasteiger partial charge in [-0.25, -0.2) is 4.99 Å². The van der Waals surface area contributed by atoms with Crippen molar-refractivity contribution in [3.8, 4) is 11.5 Å². The highest BCUT2D eigenvalue weighted by atomic mass is 16.5. The summed E-state index contributed by atoms with van der Waals surface area (Å²) in [5, 5.41) is 7.09. The normalized spacial score (nSPS) is 21.6. The minimum Gasteiger partial charge on any atom is -0.497 e. The van der Waals surface area contributed by atoms with E-state index < -0.39 is 0 Å². The summed E-state index contributed by atoms with van der Waals surface area (Å²) in [7, 11) is 1.70. The monoisotopic (exact) mass is 414 g/mol. The zero-order valence-electron chi connectivity index (χ0n) is 18.7. The number of benzene rings is 1. The van der Waals surface area contributed by atoms with Crippen LogP contribution in [0.5, 0.6) is 11.5 Å². The average molecular weight is 415 g/mol. The largest absolute Gasteiger partial charge is 0.497 e. The van der Waals surface area contributed by atoms with E-state index in [4.69, 9.17) is 14.5 Å². The Bertz CT molecular complexity index is 705. The molecular formula is C24H38N4O2. The molecule has 1 aromatic carbocycles. The summed E-state index contributed by atoms with van der Waals surface area (Å²) in [5.74, 6) is 2.66. The number of hydrogen-bond donors (Lipinski definition) is 2. The third-order valence-corrected chi connectivity index (χ3v) is 6.56. The third-order valence-electron chi connectivity index (χ3n) is 6.56. The molecule has 1 saturated heterocycles. The Kier molecular flexibility index (Phi) is 7.37. The number of rotatable bonds is 8. The second kappa shape index (κ2) is 10.4. The number of nitrogens with zero attached hydrogens (tertiary/aromatic N) is 2. The molecule has 2 aliphatic carbocycles. The van der Waals surface area contributed by atoms with Gasteiger partial charge in [0.15, 0.2) is 5.96 Å². The zero-order chi connectivity index (χ0) is 20.8. The molecule has 30 heavy (non-hydrogen) atoms. The molecule has 0 amide bonds. The minimum absolute atomic E-state index is 0.322. The number of guanidine groups is 1. The van der Waals surface area contributed by atoms with Gasteiger partial charge in [0.2, 0.25) is 0 Å². The lowest BCUT2D eigenvalue weighted by atomic mass is 10.1. The van der Waals surface area contributed by atoms with Gasteiger partial charge in [0.25, 0.3) is 0 Å². The van der Waals surface area contributed by atoms with Crippen molar-refractivity contribution in [3.05, 3.63) is 23.8 Å². The molecule has 166 valence electrons. The van der Waals surface area contributed by atoms with Crippen LogP contribution in [0.25, 0.3) is 0 Å². The Labute approximate surface area is 181 Å². The molecule has 0 radical (unpaired) electrons. The smallest absolute Gasteiger partial charge is 0.191 e. The Hall–Kier alpha value is -1.95. The molecule has 0 bridgehead atoms. The van der Waals surface area contributed by atoms with Crippen molar-refractivity contribution < 1.29 is 9.47 Å². The molecule has 2 N–H and O–H groups in total. The lowest BCUT2D eigenvalue weighted by Crippen LogP contribution is -2.49. The molecule has 3 fully saturated rings. The molecular weight excluding hydrogens is 376 g/mol. The van der Waals surface area contributed by atoms with Crippen molar-refractivity contribution in [3.63, 3.8) is 0 Å². The van der Waals surface area contributed by atoms with Crippen molar-refractivity contribution in [2.45, 2.75) is 83.0 Å². The SMILES string of the molecule is CCNC(=NCc1ccc(OC)cc1OC1CCCC1)NC1CCN(C2CC2)CC1. The van der Waals surface area contributed by atoms with E-state index in [-0.39, 0.29) is 0 Å². The molecule has 1 aromatic rings. The quantitative estimate of drug-likeness (QED) is 0.502. The first kappa shape index (κ1) is 21.3. The van der Waals surface area contributed by atoms with Crippen LogP contribution in [0.1, 0.15) is 63.9 Å². The maximum atomic E-state index is 6.34. The summed E-state index contributed by atoms with van der Waals surface area (Å²) in [6.45, 7) is 6.00. The Morgan fingerprint density at radius 1 is 1.10 bits per heavy atom. The number of ether oxygens (including phenoxy) is 2. The second-order valence-corrected chi connectivity index (χ2v) is 8.88. The van der Waals surface area contributed by atoms with Crippen LogP contribution in [-0.4, -0.2) is 55.8 Å². The number of hydrogen-bond acceptors (Lipinski definition) is 4. The Morgan fingerprint density at radius 3 is 2.53 bits per heavy atom. The van der Waals surface area contributed by atoms with E-state index in [1.807, 2.05) is 12.1 Å². The van der Waals surface area contributed by atoms with Gasteiger partial charge < -0.3 is 25.0 Å². The van der Waals surface area contributed by atoms with Crippen LogP contribution >= 0.6 is 0 Å². The van der Waals surface area contributed by atoms with Crippen LogP contribution in [0.2, 0.25) is 0 Å². The zero-order valence-corrected chi connectivity index (χ0v) is 18.7. The highest BCUT2D eigenvalue weighted by molar-refractivity contribution is 5.80. The van der Waals surface area contributed by atoms with Crippen molar-refractivity contribution >= 4 is 5.96 Å². The fraction of sp³-hybridized carbons (Fsp3) is 0.708. The fourth-order valence-corrected chi connectivity index (χ4v) is 4.61. The molecule has 2 saturated carbocycles. The van der Waals surface area contributed by atoms with E-state index in [2.05, 4.69) is 28.5 Å². The maximum Gasteiger partial charge on any atom is 0.191 e. The van der Waals surface area contributed by atoms with Crippen LogP contribution in [0.3, 0.4) is 0 Å². The first-order valence-electron chi connectivity index (χ1n) is 11.9. The van der Waals surface area contributed by atoms with Crippen LogP contribution in [0.15, 0.2) is 23.2 Å². The number of nitrogens with one attached hydrogen (secondary N) is 2. The van der Waals surface area contributed by atoms with E-state index in [9.17, 15) is 0 Å². The van der Waals surface area contributed by atoms with Crippen molar-refractivity contribution in [2.75, 3.05) is 26.7 Å². The Morgan fingerprint density at radius 2 is 1.87 bits per heavy atom. The van der Waals surface area contributed by atoms with Gasteiger partial charge in [0.05, 0.1) is 19.8 Å². The number of piperidine rings is 1. The van der Waals surface area contributed by atoms with Gasteiger partial charge in [-0.3, -0.25) is 0 Å². The summed E-state index contributed by atoms with van der Waals surface area (Å²) in [6.07, 6.45) is 10.3. The number of aliphatic imine (C=N–C) groups is 1. The molecule has 3 aliphatic rings. The van der Waals surface area contributed by atoms with Gasteiger partial charge in [0, 0.05) is 43.3 Å². The van der Waals surface area contributed by atoms with Crippen molar-refractivity contribution in [1.82, 2.24) is 15.5 Å². The highest BCUT2D eigenvalue weighted by Crippen LogP contribution is 2.31.